The number of likely N-dealkylation sites (N-methyl/N-ethyl adjacent to an activating group) is 1. The van der Waals surface area contributed by atoms with E-state index in [1.54, 1.807) is 6.20 Å². The molecule has 1 aliphatic rings. The van der Waals surface area contributed by atoms with Crippen molar-refractivity contribution in [2.45, 2.75) is 25.3 Å². The molecular weight excluding hydrogens is 336 g/mol. The van der Waals surface area contributed by atoms with Crippen LogP contribution in [0.15, 0.2) is 42.6 Å². The van der Waals surface area contributed by atoms with Crippen LogP contribution in [-0.2, 0) is 0 Å². The van der Waals surface area contributed by atoms with Crippen molar-refractivity contribution in [3.8, 4) is 5.75 Å². The Hall–Kier alpha value is -1.85. The van der Waals surface area contributed by atoms with Gasteiger partial charge in [0.15, 0.2) is 5.82 Å². The molecule has 0 spiro atoms. The van der Waals surface area contributed by atoms with Crippen molar-refractivity contribution in [3.05, 3.63) is 47.6 Å². The van der Waals surface area contributed by atoms with Crippen LogP contribution in [0.4, 0.5) is 5.82 Å². The molecule has 1 atom stereocenters. The van der Waals surface area contributed by atoms with E-state index in [0.29, 0.717) is 17.7 Å². The molecule has 0 radical (unpaired) electrons. The highest BCUT2D eigenvalue weighted by molar-refractivity contribution is 6.30. The van der Waals surface area contributed by atoms with Gasteiger partial charge in [0.2, 0.25) is 0 Å². The van der Waals surface area contributed by atoms with Gasteiger partial charge < -0.3 is 14.5 Å². The molecule has 1 aromatic carbocycles. The molecule has 0 aliphatic carbocycles. The van der Waals surface area contributed by atoms with Crippen LogP contribution in [0.25, 0.3) is 0 Å². The maximum atomic E-state index is 5.96. The van der Waals surface area contributed by atoms with E-state index in [-0.39, 0.29) is 0 Å². The Kier molecular flexibility index (Phi) is 6.48. The van der Waals surface area contributed by atoms with Crippen LogP contribution in [0.1, 0.15) is 19.3 Å². The van der Waals surface area contributed by atoms with Gasteiger partial charge in [-0.3, -0.25) is 0 Å². The zero-order valence-electron chi connectivity index (χ0n) is 14.6. The second-order valence-electron chi connectivity index (χ2n) is 6.49. The second-order valence-corrected chi connectivity index (χ2v) is 6.93. The monoisotopic (exact) mass is 360 g/mol. The lowest BCUT2D eigenvalue weighted by atomic mass is 10.2. The number of rotatable bonds is 8. The zero-order chi connectivity index (χ0) is 17.5. The fraction of sp³-hybridized carbons (Fsp3) is 0.474. The summed E-state index contributed by atoms with van der Waals surface area (Å²) in [5.41, 5.74) is 0. The van der Waals surface area contributed by atoms with Crippen molar-refractivity contribution >= 4 is 17.4 Å². The van der Waals surface area contributed by atoms with Gasteiger partial charge in [-0.15, -0.1) is 5.10 Å². The largest absolute Gasteiger partial charge is 0.493 e. The van der Waals surface area contributed by atoms with Crippen LogP contribution >= 0.6 is 11.6 Å². The van der Waals surface area contributed by atoms with Crippen LogP contribution in [0.3, 0.4) is 0 Å². The summed E-state index contributed by atoms with van der Waals surface area (Å²) >= 11 is 5.96. The van der Waals surface area contributed by atoms with E-state index in [4.69, 9.17) is 16.3 Å². The third-order valence-electron chi connectivity index (χ3n) is 4.50. The summed E-state index contributed by atoms with van der Waals surface area (Å²) in [6.07, 6.45) is 5.13. The molecule has 5 nitrogen and oxygen atoms in total. The number of ether oxygens (including phenoxy) is 1. The standard InChI is InChI=1S/C19H25ClN4O/c1-23(11-5-13-25-18-8-2-6-16(20)14-18)15-17-7-4-12-24(17)19-9-3-10-21-22-19/h2-3,6,8-10,14,17H,4-5,7,11-13,15H2,1H3. The molecule has 2 heterocycles. The average Bonchev–Trinajstić information content (AvgIpc) is 3.08. The summed E-state index contributed by atoms with van der Waals surface area (Å²) in [6.45, 7) is 3.80. The van der Waals surface area contributed by atoms with E-state index in [2.05, 4.69) is 27.0 Å². The van der Waals surface area contributed by atoms with Gasteiger partial charge in [0, 0.05) is 36.9 Å². The zero-order valence-corrected chi connectivity index (χ0v) is 15.4. The summed E-state index contributed by atoms with van der Waals surface area (Å²) in [7, 11) is 2.17. The van der Waals surface area contributed by atoms with Crippen LogP contribution in [-0.4, -0.2) is 54.4 Å². The minimum Gasteiger partial charge on any atom is -0.493 e. The van der Waals surface area contributed by atoms with Gasteiger partial charge in [0.25, 0.3) is 0 Å². The van der Waals surface area contributed by atoms with Gasteiger partial charge in [-0.25, -0.2) is 0 Å². The molecule has 1 fully saturated rings. The maximum Gasteiger partial charge on any atom is 0.151 e. The Morgan fingerprint density at radius 2 is 2.24 bits per heavy atom. The molecule has 0 bridgehead atoms. The summed E-state index contributed by atoms with van der Waals surface area (Å²) < 4.78 is 5.76. The Labute approximate surface area is 154 Å². The van der Waals surface area contributed by atoms with E-state index in [9.17, 15) is 0 Å². The highest BCUT2D eigenvalue weighted by Crippen LogP contribution is 2.23. The van der Waals surface area contributed by atoms with E-state index in [1.165, 1.54) is 12.8 Å². The summed E-state index contributed by atoms with van der Waals surface area (Å²) in [5, 5.41) is 8.98. The van der Waals surface area contributed by atoms with Crippen LogP contribution in [0.2, 0.25) is 5.02 Å². The summed E-state index contributed by atoms with van der Waals surface area (Å²) in [5.74, 6) is 1.82. The highest BCUT2D eigenvalue weighted by Gasteiger charge is 2.26. The summed E-state index contributed by atoms with van der Waals surface area (Å²) in [6, 6.07) is 12.1. The molecule has 25 heavy (non-hydrogen) atoms. The second kappa shape index (κ2) is 9.02. The van der Waals surface area contributed by atoms with Crippen LogP contribution in [0.5, 0.6) is 5.75 Å². The predicted molar refractivity (Wildman–Crippen MR) is 101 cm³/mol. The molecule has 6 heteroatoms. The fourth-order valence-corrected chi connectivity index (χ4v) is 3.49. The third-order valence-corrected chi connectivity index (χ3v) is 4.74. The van der Waals surface area contributed by atoms with Crippen molar-refractivity contribution in [1.29, 1.82) is 0 Å². The molecule has 1 unspecified atom stereocenters. The molecule has 3 rings (SSSR count). The first-order chi connectivity index (χ1) is 12.2. The first-order valence-corrected chi connectivity index (χ1v) is 9.21. The predicted octanol–water partition coefficient (Wildman–Crippen LogP) is 3.50. The topological polar surface area (TPSA) is 41.5 Å². The van der Waals surface area contributed by atoms with Gasteiger partial charge in [-0.2, -0.15) is 5.10 Å². The van der Waals surface area contributed by atoms with E-state index in [0.717, 1.165) is 37.6 Å². The Bertz CT molecular complexity index is 655. The number of hydrogen-bond acceptors (Lipinski definition) is 5. The lowest BCUT2D eigenvalue weighted by molar-refractivity contribution is 0.254. The van der Waals surface area contributed by atoms with Gasteiger partial charge in [-0.1, -0.05) is 17.7 Å². The highest BCUT2D eigenvalue weighted by atomic mass is 35.5. The molecule has 0 amide bonds. The molecule has 0 N–H and O–H groups in total. The molecule has 1 aromatic heterocycles. The van der Waals surface area contributed by atoms with Crippen molar-refractivity contribution < 1.29 is 4.74 Å². The molecule has 1 aliphatic heterocycles. The molecule has 0 saturated carbocycles. The van der Waals surface area contributed by atoms with Gasteiger partial charge >= 0.3 is 0 Å². The number of aromatic nitrogens is 2. The first kappa shape index (κ1) is 18.0. The number of nitrogens with zero attached hydrogens (tertiary/aromatic N) is 4. The van der Waals surface area contributed by atoms with Gasteiger partial charge in [0.1, 0.15) is 5.75 Å². The number of benzene rings is 1. The average molecular weight is 361 g/mol. The van der Waals surface area contributed by atoms with Crippen LogP contribution < -0.4 is 9.64 Å². The molecule has 134 valence electrons. The maximum absolute atomic E-state index is 5.96. The number of halogens is 1. The normalized spacial score (nSPS) is 17.2. The Balaban J connectivity index is 1.40. The molecule has 2 aromatic rings. The quantitative estimate of drug-likeness (QED) is 0.674. The minimum absolute atomic E-state index is 0.510. The molecule has 1 saturated heterocycles. The van der Waals surface area contributed by atoms with E-state index in [1.807, 2.05) is 36.4 Å². The van der Waals surface area contributed by atoms with E-state index < -0.39 is 0 Å². The SMILES string of the molecule is CN(CCCOc1cccc(Cl)c1)CC1CCCN1c1cccnn1. The van der Waals surface area contributed by atoms with Gasteiger partial charge in [-0.05, 0) is 56.6 Å². The lowest BCUT2D eigenvalue weighted by Crippen LogP contribution is -2.39. The Morgan fingerprint density at radius 3 is 3.04 bits per heavy atom. The first-order valence-electron chi connectivity index (χ1n) is 8.83. The van der Waals surface area contributed by atoms with Crippen LogP contribution in [0, 0.1) is 0 Å². The van der Waals surface area contributed by atoms with Gasteiger partial charge in [0.05, 0.1) is 6.61 Å². The van der Waals surface area contributed by atoms with Crippen molar-refractivity contribution in [2.75, 3.05) is 38.2 Å². The lowest BCUT2D eigenvalue weighted by Gasteiger charge is -2.29. The van der Waals surface area contributed by atoms with Crippen molar-refractivity contribution in [2.24, 2.45) is 0 Å². The fourth-order valence-electron chi connectivity index (χ4n) is 3.31. The molecular formula is C19H25ClN4O. The van der Waals surface area contributed by atoms with E-state index >= 15 is 0 Å². The Morgan fingerprint density at radius 1 is 1.32 bits per heavy atom. The number of anilines is 1. The third kappa shape index (κ3) is 5.31. The van der Waals surface area contributed by atoms with Crippen molar-refractivity contribution in [1.82, 2.24) is 15.1 Å². The summed E-state index contributed by atoms with van der Waals surface area (Å²) in [4.78, 5) is 4.76. The number of hydrogen-bond donors (Lipinski definition) is 0. The smallest absolute Gasteiger partial charge is 0.151 e. The minimum atomic E-state index is 0.510. The van der Waals surface area contributed by atoms with Crippen molar-refractivity contribution in [3.63, 3.8) is 0 Å².